The molecule has 4 heteroatoms. The van der Waals surface area contributed by atoms with Gasteiger partial charge in [-0.2, -0.15) is 0 Å². The standard InChI is InChI=1S/C15H17ClN2O/c1-11-12(9-17-2)7-8-15(18-11)19-10-13-5-3-4-6-14(13)16/h3-8,17H,9-10H2,1-2H3. The number of benzene rings is 1. The first kappa shape index (κ1) is 13.8. The predicted octanol–water partition coefficient (Wildman–Crippen LogP) is 3.34. The molecular formula is C15H17ClN2O. The van der Waals surface area contributed by atoms with Gasteiger partial charge in [-0.15, -0.1) is 0 Å². The molecular weight excluding hydrogens is 260 g/mol. The Morgan fingerprint density at radius 1 is 1.16 bits per heavy atom. The summed E-state index contributed by atoms with van der Waals surface area (Å²) in [6.07, 6.45) is 0. The van der Waals surface area contributed by atoms with Gasteiger partial charge in [0.1, 0.15) is 6.61 Å². The van der Waals surface area contributed by atoms with Crippen LogP contribution >= 0.6 is 11.6 Å². The second kappa shape index (κ2) is 6.55. The maximum atomic E-state index is 6.08. The molecule has 2 aromatic rings. The number of hydrogen-bond donors (Lipinski definition) is 1. The Labute approximate surface area is 118 Å². The highest BCUT2D eigenvalue weighted by Gasteiger charge is 2.04. The molecule has 0 fully saturated rings. The van der Waals surface area contributed by atoms with E-state index in [4.69, 9.17) is 16.3 Å². The summed E-state index contributed by atoms with van der Waals surface area (Å²) >= 11 is 6.08. The Balaban J connectivity index is 2.04. The van der Waals surface area contributed by atoms with Gasteiger partial charge in [-0.3, -0.25) is 0 Å². The average Bonchev–Trinajstić information content (AvgIpc) is 2.41. The topological polar surface area (TPSA) is 34.1 Å². The van der Waals surface area contributed by atoms with Gasteiger partial charge in [0.15, 0.2) is 0 Å². The van der Waals surface area contributed by atoms with Crippen LogP contribution in [0.2, 0.25) is 5.02 Å². The fourth-order valence-corrected chi connectivity index (χ4v) is 1.98. The van der Waals surface area contributed by atoms with Crippen LogP contribution in [-0.4, -0.2) is 12.0 Å². The van der Waals surface area contributed by atoms with Crippen molar-refractivity contribution in [1.29, 1.82) is 0 Å². The first-order valence-electron chi connectivity index (χ1n) is 6.18. The Bertz CT molecular complexity index is 558. The molecule has 0 radical (unpaired) electrons. The average molecular weight is 277 g/mol. The number of ether oxygens (including phenoxy) is 1. The summed E-state index contributed by atoms with van der Waals surface area (Å²) in [5.74, 6) is 0.622. The van der Waals surface area contributed by atoms with Crippen molar-refractivity contribution in [3.63, 3.8) is 0 Å². The Morgan fingerprint density at radius 3 is 2.63 bits per heavy atom. The van der Waals surface area contributed by atoms with Crippen LogP contribution in [0.3, 0.4) is 0 Å². The summed E-state index contributed by atoms with van der Waals surface area (Å²) in [5.41, 5.74) is 3.11. The fraction of sp³-hybridized carbons (Fsp3) is 0.267. The fourth-order valence-electron chi connectivity index (χ4n) is 1.79. The first-order chi connectivity index (χ1) is 9.20. The van der Waals surface area contributed by atoms with Gasteiger partial charge >= 0.3 is 0 Å². The number of halogens is 1. The number of aryl methyl sites for hydroxylation is 1. The van der Waals surface area contributed by atoms with Crippen LogP contribution in [0.15, 0.2) is 36.4 Å². The largest absolute Gasteiger partial charge is 0.473 e. The molecule has 19 heavy (non-hydrogen) atoms. The van der Waals surface area contributed by atoms with Crippen molar-refractivity contribution in [1.82, 2.24) is 10.3 Å². The van der Waals surface area contributed by atoms with E-state index in [0.29, 0.717) is 17.5 Å². The summed E-state index contributed by atoms with van der Waals surface area (Å²) in [4.78, 5) is 4.43. The van der Waals surface area contributed by atoms with Crippen molar-refractivity contribution in [2.45, 2.75) is 20.1 Å². The minimum absolute atomic E-state index is 0.428. The van der Waals surface area contributed by atoms with Crippen molar-refractivity contribution < 1.29 is 4.74 Å². The van der Waals surface area contributed by atoms with Crippen molar-refractivity contribution >= 4 is 11.6 Å². The monoisotopic (exact) mass is 276 g/mol. The van der Waals surface area contributed by atoms with Crippen molar-refractivity contribution in [2.24, 2.45) is 0 Å². The van der Waals surface area contributed by atoms with Crippen LogP contribution in [0, 0.1) is 6.92 Å². The van der Waals surface area contributed by atoms with Gasteiger partial charge in [-0.1, -0.05) is 35.9 Å². The Morgan fingerprint density at radius 2 is 1.95 bits per heavy atom. The molecule has 1 aromatic heterocycles. The minimum atomic E-state index is 0.428. The number of hydrogen-bond acceptors (Lipinski definition) is 3. The molecule has 0 atom stereocenters. The quantitative estimate of drug-likeness (QED) is 0.909. The normalized spacial score (nSPS) is 10.5. The second-order valence-corrected chi connectivity index (χ2v) is 4.71. The van der Waals surface area contributed by atoms with E-state index in [9.17, 15) is 0 Å². The molecule has 0 spiro atoms. The zero-order valence-corrected chi connectivity index (χ0v) is 11.9. The van der Waals surface area contributed by atoms with Gasteiger partial charge in [0.05, 0.1) is 0 Å². The number of nitrogens with one attached hydrogen (secondary N) is 1. The summed E-state index contributed by atoms with van der Waals surface area (Å²) in [7, 11) is 1.92. The number of pyridine rings is 1. The highest BCUT2D eigenvalue weighted by atomic mass is 35.5. The van der Waals surface area contributed by atoms with Gasteiger partial charge in [0.2, 0.25) is 5.88 Å². The summed E-state index contributed by atoms with van der Waals surface area (Å²) < 4.78 is 5.67. The van der Waals surface area contributed by atoms with Crippen LogP contribution < -0.4 is 10.1 Å². The lowest BCUT2D eigenvalue weighted by Crippen LogP contribution is -2.08. The minimum Gasteiger partial charge on any atom is -0.473 e. The van der Waals surface area contributed by atoms with E-state index >= 15 is 0 Å². The summed E-state index contributed by atoms with van der Waals surface area (Å²) in [6, 6.07) is 11.6. The maximum absolute atomic E-state index is 6.08. The summed E-state index contributed by atoms with van der Waals surface area (Å²) in [5, 5.41) is 3.83. The molecule has 1 N–H and O–H groups in total. The van der Waals surface area contributed by atoms with E-state index in [0.717, 1.165) is 17.8 Å². The van der Waals surface area contributed by atoms with Crippen LogP contribution in [-0.2, 0) is 13.2 Å². The van der Waals surface area contributed by atoms with E-state index in [1.165, 1.54) is 5.56 Å². The molecule has 100 valence electrons. The van der Waals surface area contributed by atoms with Crippen LogP contribution in [0.1, 0.15) is 16.8 Å². The number of nitrogens with zero attached hydrogens (tertiary/aromatic N) is 1. The smallest absolute Gasteiger partial charge is 0.213 e. The second-order valence-electron chi connectivity index (χ2n) is 4.30. The van der Waals surface area contributed by atoms with E-state index in [-0.39, 0.29) is 0 Å². The lowest BCUT2D eigenvalue weighted by Gasteiger charge is -2.09. The van der Waals surface area contributed by atoms with Crippen LogP contribution in [0.5, 0.6) is 5.88 Å². The molecule has 0 saturated carbocycles. The predicted molar refractivity (Wildman–Crippen MR) is 77.5 cm³/mol. The molecule has 0 bridgehead atoms. The third kappa shape index (κ3) is 3.69. The third-order valence-electron chi connectivity index (χ3n) is 2.87. The zero-order chi connectivity index (χ0) is 13.7. The maximum Gasteiger partial charge on any atom is 0.213 e. The van der Waals surface area contributed by atoms with E-state index < -0.39 is 0 Å². The molecule has 1 aromatic carbocycles. The Kier molecular flexibility index (Phi) is 4.77. The molecule has 0 aliphatic heterocycles. The lowest BCUT2D eigenvalue weighted by molar-refractivity contribution is 0.293. The molecule has 1 heterocycles. The van der Waals surface area contributed by atoms with E-state index in [2.05, 4.69) is 10.3 Å². The van der Waals surface area contributed by atoms with Crippen molar-refractivity contribution in [3.05, 3.63) is 58.2 Å². The molecule has 2 rings (SSSR count). The van der Waals surface area contributed by atoms with Gasteiger partial charge in [-0.05, 0) is 25.6 Å². The number of rotatable bonds is 5. The first-order valence-corrected chi connectivity index (χ1v) is 6.56. The van der Waals surface area contributed by atoms with Crippen molar-refractivity contribution in [3.8, 4) is 5.88 Å². The van der Waals surface area contributed by atoms with Gasteiger partial charge in [0, 0.05) is 28.9 Å². The Hall–Kier alpha value is -1.58. The molecule has 3 nitrogen and oxygen atoms in total. The van der Waals surface area contributed by atoms with Crippen LogP contribution in [0.4, 0.5) is 0 Å². The number of aromatic nitrogens is 1. The molecule has 0 saturated heterocycles. The highest BCUT2D eigenvalue weighted by molar-refractivity contribution is 6.31. The van der Waals surface area contributed by atoms with E-state index in [1.54, 1.807) is 0 Å². The van der Waals surface area contributed by atoms with Gasteiger partial charge in [-0.25, -0.2) is 4.98 Å². The molecule has 0 aliphatic carbocycles. The summed E-state index contributed by atoms with van der Waals surface area (Å²) in [6.45, 7) is 3.22. The molecule has 0 amide bonds. The molecule has 0 aliphatic rings. The van der Waals surface area contributed by atoms with Gasteiger partial charge in [0.25, 0.3) is 0 Å². The third-order valence-corrected chi connectivity index (χ3v) is 3.24. The highest BCUT2D eigenvalue weighted by Crippen LogP contribution is 2.18. The van der Waals surface area contributed by atoms with Gasteiger partial charge < -0.3 is 10.1 Å². The van der Waals surface area contributed by atoms with Crippen LogP contribution in [0.25, 0.3) is 0 Å². The SMILES string of the molecule is CNCc1ccc(OCc2ccccc2Cl)nc1C. The van der Waals surface area contributed by atoms with E-state index in [1.807, 2.05) is 50.4 Å². The molecule has 0 unspecified atom stereocenters. The lowest BCUT2D eigenvalue weighted by atomic mass is 10.2. The zero-order valence-electron chi connectivity index (χ0n) is 11.1. The van der Waals surface area contributed by atoms with Crippen molar-refractivity contribution in [2.75, 3.05) is 7.05 Å².